The summed E-state index contributed by atoms with van der Waals surface area (Å²) in [5.41, 5.74) is 3.24. The Morgan fingerprint density at radius 2 is 2.12 bits per heavy atom. The van der Waals surface area contributed by atoms with Crippen LogP contribution in [0.3, 0.4) is 0 Å². The van der Waals surface area contributed by atoms with Crippen LogP contribution in [0.4, 0.5) is 4.39 Å². The molecule has 1 aliphatic heterocycles. The van der Waals surface area contributed by atoms with Gasteiger partial charge in [-0.15, -0.1) is 0 Å². The zero-order valence-electron chi connectivity index (χ0n) is 13.6. The molecule has 6 nitrogen and oxygen atoms in total. The lowest BCUT2D eigenvalue weighted by atomic mass is 10.1. The van der Waals surface area contributed by atoms with Crippen molar-refractivity contribution in [3.8, 4) is 17.3 Å². The number of hydrogen-bond donors (Lipinski definition) is 0. The monoisotopic (exact) mass is 340 g/mol. The van der Waals surface area contributed by atoms with Gasteiger partial charge in [0.15, 0.2) is 11.5 Å². The molecule has 0 spiro atoms. The molecule has 7 heteroatoms. The Bertz CT molecular complexity index is 927. The maximum absolute atomic E-state index is 14.2. The van der Waals surface area contributed by atoms with Crippen molar-refractivity contribution in [2.75, 3.05) is 13.2 Å². The third-order valence-corrected chi connectivity index (χ3v) is 4.95. The summed E-state index contributed by atoms with van der Waals surface area (Å²) in [4.78, 5) is 4.54. The minimum atomic E-state index is -0.291. The van der Waals surface area contributed by atoms with E-state index in [1.807, 2.05) is 6.07 Å². The summed E-state index contributed by atoms with van der Waals surface area (Å²) in [6.45, 7) is 1.35. The molecule has 3 aromatic rings. The number of para-hydroxylation sites is 1. The van der Waals surface area contributed by atoms with Gasteiger partial charge in [0.1, 0.15) is 11.5 Å². The molecular formula is C18H17FN4O2. The topological polar surface area (TPSA) is 66.0 Å². The summed E-state index contributed by atoms with van der Waals surface area (Å²) in [5, 5.41) is 8.73. The highest BCUT2D eigenvalue weighted by molar-refractivity contribution is 5.58. The summed E-state index contributed by atoms with van der Waals surface area (Å²) >= 11 is 0. The standard InChI is InChI=1S/C18H17FN4O2/c19-13-5-1-2-6-15(13)23-14-7-3-4-12(14)16(21-23)18-20-17(22-25-18)11-8-9-24-10-11/h1-2,5-6,11H,3-4,7-10H2/t11-/m0/s1. The number of ether oxygens (including phenoxy) is 1. The lowest BCUT2D eigenvalue weighted by Gasteiger charge is -2.06. The number of aromatic nitrogens is 4. The molecule has 2 aliphatic rings. The van der Waals surface area contributed by atoms with Crippen LogP contribution in [0.15, 0.2) is 28.8 Å². The van der Waals surface area contributed by atoms with Gasteiger partial charge >= 0.3 is 0 Å². The van der Waals surface area contributed by atoms with E-state index in [9.17, 15) is 4.39 Å². The van der Waals surface area contributed by atoms with Crippen LogP contribution in [0.1, 0.15) is 35.8 Å². The molecule has 3 heterocycles. The summed E-state index contributed by atoms with van der Waals surface area (Å²) in [6.07, 6.45) is 3.68. The van der Waals surface area contributed by atoms with Gasteiger partial charge in [0, 0.05) is 23.8 Å². The molecule has 1 aliphatic carbocycles. The van der Waals surface area contributed by atoms with Gasteiger partial charge in [0.05, 0.1) is 6.61 Å². The third kappa shape index (κ3) is 2.38. The fraction of sp³-hybridized carbons (Fsp3) is 0.389. The SMILES string of the molecule is Fc1ccccc1-n1nc(-c2nc([C@H]3CCOC3)no2)c2c1CCC2. The van der Waals surface area contributed by atoms with Crippen LogP contribution in [0.25, 0.3) is 17.3 Å². The fourth-order valence-electron chi connectivity index (χ4n) is 3.67. The first kappa shape index (κ1) is 14.8. The molecule has 0 N–H and O–H groups in total. The summed E-state index contributed by atoms with van der Waals surface area (Å²) in [6, 6.07) is 6.67. The second kappa shape index (κ2) is 5.77. The van der Waals surface area contributed by atoms with E-state index in [1.54, 1.807) is 16.8 Å². The smallest absolute Gasteiger partial charge is 0.278 e. The average Bonchev–Trinajstić information content (AvgIpc) is 3.38. The minimum absolute atomic E-state index is 0.180. The number of fused-ring (bicyclic) bond motifs is 1. The predicted octanol–water partition coefficient (Wildman–Crippen LogP) is 3.05. The molecule has 25 heavy (non-hydrogen) atoms. The van der Waals surface area contributed by atoms with Crippen molar-refractivity contribution in [1.82, 2.24) is 19.9 Å². The molecule has 0 saturated carbocycles. The first-order chi connectivity index (χ1) is 12.3. The summed E-state index contributed by atoms with van der Waals surface area (Å²) < 4.78 is 26.8. The molecule has 1 saturated heterocycles. The van der Waals surface area contributed by atoms with Crippen LogP contribution in [-0.4, -0.2) is 33.1 Å². The van der Waals surface area contributed by atoms with Gasteiger partial charge in [0.2, 0.25) is 0 Å². The molecule has 0 radical (unpaired) electrons. The van der Waals surface area contributed by atoms with E-state index in [-0.39, 0.29) is 11.7 Å². The molecule has 1 aromatic carbocycles. The molecular weight excluding hydrogens is 323 g/mol. The van der Waals surface area contributed by atoms with Crippen LogP contribution in [-0.2, 0) is 17.6 Å². The Kier molecular flexibility index (Phi) is 3.41. The first-order valence-corrected chi connectivity index (χ1v) is 8.58. The molecule has 1 fully saturated rings. The van der Waals surface area contributed by atoms with E-state index in [0.717, 1.165) is 43.5 Å². The van der Waals surface area contributed by atoms with Crippen molar-refractivity contribution in [2.45, 2.75) is 31.6 Å². The van der Waals surface area contributed by atoms with E-state index in [0.29, 0.717) is 29.7 Å². The Balaban J connectivity index is 1.59. The lowest BCUT2D eigenvalue weighted by Crippen LogP contribution is -2.03. The van der Waals surface area contributed by atoms with Gasteiger partial charge in [0.25, 0.3) is 5.89 Å². The Labute approximate surface area is 143 Å². The number of rotatable bonds is 3. The van der Waals surface area contributed by atoms with E-state index < -0.39 is 0 Å². The highest BCUT2D eigenvalue weighted by atomic mass is 19.1. The van der Waals surface area contributed by atoms with Gasteiger partial charge in [-0.25, -0.2) is 9.07 Å². The zero-order chi connectivity index (χ0) is 16.8. The van der Waals surface area contributed by atoms with Crippen molar-refractivity contribution in [3.05, 3.63) is 47.2 Å². The molecule has 128 valence electrons. The quantitative estimate of drug-likeness (QED) is 0.733. The van der Waals surface area contributed by atoms with Crippen LogP contribution < -0.4 is 0 Å². The van der Waals surface area contributed by atoms with E-state index in [4.69, 9.17) is 9.26 Å². The number of halogens is 1. The summed E-state index contributed by atoms with van der Waals surface area (Å²) in [7, 11) is 0. The number of hydrogen-bond acceptors (Lipinski definition) is 5. The highest BCUT2D eigenvalue weighted by Crippen LogP contribution is 2.34. The van der Waals surface area contributed by atoms with Gasteiger partial charge in [-0.1, -0.05) is 17.3 Å². The summed E-state index contributed by atoms with van der Waals surface area (Å²) in [5.74, 6) is 0.967. The molecule has 0 bridgehead atoms. The maximum Gasteiger partial charge on any atom is 0.278 e. The van der Waals surface area contributed by atoms with Gasteiger partial charge in [-0.05, 0) is 37.8 Å². The number of nitrogens with zero attached hydrogens (tertiary/aromatic N) is 4. The largest absolute Gasteiger partial charge is 0.381 e. The maximum atomic E-state index is 14.2. The second-order valence-corrected chi connectivity index (χ2v) is 6.51. The second-order valence-electron chi connectivity index (χ2n) is 6.51. The Morgan fingerprint density at radius 1 is 1.20 bits per heavy atom. The van der Waals surface area contributed by atoms with Crippen LogP contribution in [0.5, 0.6) is 0 Å². The van der Waals surface area contributed by atoms with E-state index in [1.165, 1.54) is 6.07 Å². The molecule has 0 unspecified atom stereocenters. The molecule has 1 atom stereocenters. The van der Waals surface area contributed by atoms with Crippen LogP contribution >= 0.6 is 0 Å². The van der Waals surface area contributed by atoms with Crippen LogP contribution in [0, 0.1) is 5.82 Å². The van der Waals surface area contributed by atoms with Crippen LogP contribution in [0.2, 0.25) is 0 Å². The van der Waals surface area contributed by atoms with Crippen molar-refractivity contribution in [1.29, 1.82) is 0 Å². The van der Waals surface area contributed by atoms with Crippen molar-refractivity contribution in [3.63, 3.8) is 0 Å². The lowest BCUT2D eigenvalue weighted by molar-refractivity contribution is 0.192. The van der Waals surface area contributed by atoms with Gasteiger partial charge in [-0.2, -0.15) is 10.1 Å². The van der Waals surface area contributed by atoms with E-state index in [2.05, 4.69) is 15.2 Å². The van der Waals surface area contributed by atoms with Gasteiger partial charge in [-0.3, -0.25) is 0 Å². The fourth-order valence-corrected chi connectivity index (χ4v) is 3.67. The number of benzene rings is 1. The third-order valence-electron chi connectivity index (χ3n) is 4.95. The minimum Gasteiger partial charge on any atom is -0.381 e. The van der Waals surface area contributed by atoms with Crippen molar-refractivity contribution < 1.29 is 13.7 Å². The Hall–Kier alpha value is -2.54. The predicted molar refractivity (Wildman–Crippen MR) is 87.0 cm³/mol. The highest BCUT2D eigenvalue weighted by Gasteiger charge is 2.29. The van der Waals surface area contributed by atoms with Crippen molar-refractivity contribution >= 4 is 0 Å². The Morgan fingerprint density at radius 3 is 2.96 bits per heavy atom. The van der Waals surface area contributed by atoms with Gasteiger partial charge < -0.3 is 9.26 Å². The normalized spacial score (nSPS) is 19.5. The molecule has 2 aromatic heterocycles. The average molecular weight is 340 g/mol. The molecule has 0 amide bonds. The zero-order valence-corrected chi connectivity index (χ0v) is 13.6. The molecule has 5 rings (SSSR count). The first-order valence-electron chi connectivity index (χ1n) is 8.58. The van der Waals surface area contributed by atoms with E-state index >= 15 is 0 Å². The van der Waals surface area contributed by atoms with Crippen molar-refractivity contribution in [2.24, 2.45) is 0 Å².